The van der Waals surface area contributed by atoms with Crippen LogP contribution >= 0.6 is 0 Å². The minimum atomic E-state index is -2.87. The number of aliphatic hydroxyl groups is 1. The number of β-lactam (4-membered cyclic amide) rings is 1. The van der Waals surface area contributed by atoms with E-state index in [9.17, 15) is 24.3 Å². The summed E-state index contributed by atoms with van der Waals surface area (Å²) in [4.78, 5) is 53.0. The summed E-state index contributed by atoms with van der Waals surface area (Å²) in [5.74, 6) is -1.29. The van der Waals surface area contributed by atoms with E-state index in [0.29, 0.717) is 42.0 Å². The van der Waals surface area contributed by atoms with E-state index in [4.69, 9.17) is 9.47 Å². The van der Waals surface area contributed by atoms with Crippen molar-refractivity contribution in [1.29, 1.82) is 0 Å². The highest BCUT2D eigenvalue weighted by Crippen LogP contribution is 2.60. The molecule has 2 aromatic rings. The highest BCUT2D eigenvalue weighted by Gasteiger charge is 2.66. The Morgan fingerprint density at radius 3 is 2.73 bits per heavy atom. The first-order valence-corrected chi connectivity index (χ1v) is 16.9. The van der Waals surface area contributed by atoms with Crippen molar-refractivity contribution >= 4 is 37.5 Å². The molecule has 0 saturated carbocycles. The largest absolute Gasteiger partial charge is 0.441 e. The molecule has 1 spiro atoms. The van der Waals surface area contributed by atoms with Crippen LogP contribution in [0.1, 0.15) is 37.9 Å². The number of aliphatic hydroxyl groups excluding tert-OH is 1. The van der Waals surface area contributed by atoms with Gasteiger partial charge < -0.3 is 24.3 Å². The molecule has 2 amide bonds. The monoisotopic (exact) mass is 583 g/mol. The van der Waals surface area contributed by atoms with Gasteiger partial charge in [0.05, 0.1) is 23.9 Å². The number of esters is 1. The van der Waals surface area contributed by atoms with E-state index in [-0.39, 0.29) is 42.8 Å². The lowest BCUT2D eigenvalue weighted by Gasteiger charge is -2.39. The van der Waals surface area contributed by atoms with Crippen LogP contribution in [-0.2, 0) is 42.4 Å². The van der Waals surface area contributed by atoms with Gasteiger partial charge in [0.2, 0.25) is 5.91 Å². The first-order valence-electron chi connectivity index (χ1n) is 13.9. The molecule has 2 fully saturated rings. The zero-order valence-electron chi connectivity index (χ0n) is 23.8. The molecule has 0 bridgehead atoms. The van der Waals surface area contributed by atoms with Crippen molar-refractivity contribution in [2.75, 3.05) is 23.0 Å². The summed E-state index contributed by atoms with van der Waals surface area (Å²) in [5, 5.41) is 17.4. The molecule has 0 aliphatic carbocycles. The maximum atomic E-state index is 14.3. The number of anilines is 2. The summed E-state index contributed by atoms with van der Waals surface area (Å²) in [7, 11) is -2.87. The van der Waals surface area contributed by atoms with Crippen LogP contribution in [0.5, 0.6) is 0 Å². The summed E-state index contributed by atoms with van der Waals surface area (Å²) in [6.07, 6.45) is 3.25. The van der Waals surface area contributed by atoms with Gasteiger partial charge in [0, 0.05) is 61.9 Å². The zero-order chi connectivity index (χ0) is 29.7. The number of aromatic nitrogens is 3. The van der Waals surface area contributed by atoms with Gasteiger partial charge in [-0.3, -0.25) is 24.0 Å². The molecule has 12 nitrogen and oxygen atoms in total. The number of aryl methyl sites for hydroxylation is 1. The number of carbonyl (C=O) groups is 3. The van der Waals surface area contributed by atoms with Gasteiger partial charge in [-0.05, 0) is 37.7 Å². The van der Waals surface area contributed by atoms with E-state index < -0.39 is 32.2 Å². The fraction of sp³-hybridized carbons (Fsp3) is 0.536. The maximum absolute atomic E-state index is 14.3. The van der Waals surface area contributed by atoms with E-state index in [1.807, 2.05) is 20.0 Å². The van der Waals surface area contributed by atoms with E-state index >= 15 is 0 Å². The normalized spacial score (nSPS) is 27.4. The van der Waals surface area contributed by atoms with Crippen molar-refractivity contribution in [3.63, 3.8) is 0 Å². The Morgan fingerprint density at radius 1 is 1.34 bits per heavy atom. The first kappa shape index (κ1) is 29.1. The molecule has 0 radical (unpaired) electrons. The first-order chi connectivity index (χ1) is 19.4. The number of carbonyl (C=O) groups excluding carboxylic acids is 3. The Hall–Kier alpha value is -3.39. The molecular formula is C28H37N5O7Si. The molecule has 1 unspecified atom stereocenters. The number of fused-ring (bicyclic) bond motifs is 2. The Bertz CT molecular complexity index is 1370. The lowest BCUT2D eigenvalue weighted by molar-refractivity contribution is -0.153. The summed E-state index contributed by atoms with van der Waals surface area (Å²) >= 11 is 0. The van der Waals surface area contributed by atoms with Crippen LogP contribution < -0.4 is 9.80 Å². The van der Waals surface area contributed by atoms with Gasteiger partial charge in [0.1, 0.15) is 0 Å². The SMILES string of the molecule is C=CCN1C(=O)[C@]2(O[C@H](CCn3cc(CCO)nn3)[C@@H]([Si](C)(C)O)[C@@H]2C)c2cc(N3C(=O)CC3OC(C)=O)ccc21. The van der Waals surface area contributed by atoms with E-state index in [2.05, 4.69) is 16.9 Å². The summed E-state index contributed by atoms with van der Waals surface area (Å²) in [6, 6.07) is 5.31. The van der Waals surface area contributed by atoms with Gasteiger partial charge in [-0.15, -0.1) is 11.7 Å². The number of hydrogen-bond donors (Lipinski definition) is 2. The van der Waals surface area contributed by atoms with Crippen molar-refractivity contribution in [2.24, 2.45) is 5.92 Å². The molecule has 2 N–H and O–H groups in total. The second-order valence-electron chi connectivity index (χ2n) is 11.5. The molecule has 3 aliphatic heterocycles. The summed E-state index contributed by atoms with van der Waals surface area (Å²) in [5.41, 5.74) is 0.793. The smallest absolute Gasteiger partial charge is 0.304 e. The van der Waals surface area contributed by atoms with Gasteiger partial charge >= 0.3 is 5.97 Å². The van der Waals surface area contributed by atoms with Crippen LogP contribution in [0.25, 0.3) is 0 Å². The Labute approximate surface area is 239 Å². The van der Waals surface area contributed by atoms with Crippen LogP contribution in [0.3, 0.4) is 0 Å². The highest BCUT2D eigenvalue weighted by molar-refractivity contribution is 6.71. The molecule has 2 saturated heterocycles. The van der Waals surface area contributed by atoms with Crippen LogP contribution in [0.2, 0.25) is 18.6 Å². The van der Waals surface area contributed by atoms with Gasteiger partial charge in [0.25, 0.3) is 5.91 Å². The minimum absolute atomic E-state index is 0.0216. The quantitative estimate of drug-likeness (QED) is 0.185. The molecule has 5 atom stereocenters. The molecular weight excluding hydrogens is 546 g/mol. The van der Waals surface area contributed by atoms with Crippen LogP contribution in [0, 0.1) is 5.92 Å². The van der Waals surface area contributed by atoms with Crippen LogP contribution in [-0.4, -0.2) is 76.5 Å². The van der Waals surface area contributed by atoms with Crippen LogP contribution in [0.4, 0.5) is 11.4 Å². The fourth-order valence-electron chi connectivity index (χ4n) is 6.72. The predicted octanol–water partition coefficient (Wildman–Crippen LogP) is 1.86. The zero-order valence-corrected chi connectivity index (χ0v) is 24.8. The molecule has 13 heteroatoms. The standard InChI is InChI=1S/C28H37N5O7Si/c1-6-11-32-22-8-7-20(33-24(36)15-25(33)39-18(3)35)14-21(22)28(27(32)37)17(2)26(41(4,5)38)23(40-28)9-12-31-16-19(10-13-34)29-30-31/h6-8,14,16-17,23,25-26,34,38H,1,9-13,15H2,2-5H3/t17-,23+,25?,26-,28+/m0/s1. The third-order valence-corrected chi connectivity index (χ3v) is 10.9. The Morgan fingerprint density at radius 2 is 2.10 bits per heavy atom. The van der Waals surface area contributed by atoms with Crippen molar-refractivity contribution in [3.8, 4) is 0 Å². The van der Waals surface area contributed by atoms with Gasteiger partial charge in [-0.25, -0.2) is 0 Å². The Balaban J connectivity index is 1.53. The molecule has 220 valence electrons. The molecule has 5 rings (SSSR count). The number of amides is 2. The summed E-state index contributed by atoms with van der Waals surface area (Å²) in [6.45, 7) is 11.5. The molecule has 1 aromatic carbocycles. The van der Waals surface area contributed by atoms with Gasteiger partial charge in [0.15, 0.2) is 20.1 Å². The average Bonchev–Trinajstić information content (AvgIpc) is 3.53. The number of rotatable bonds is 10. The number of nitrogens with zero attached hydrogens (tertiary/aromatic N) is 5. The summed E-state index contributed by atoms with van der Waals surface area (Å²) < 4.78 is 13.8. The van der Waals surface area contributed by atoms with E-state index in [0.717, 1.165) is 0 Å². The van der Waals surface area contributed by atoms with Crippen molar-refractivity contribution in [1.82, 2.24) is 15.0 Å². The third-order valence-electron chi connectivity index (χ3n) is 8.36. The highest BCUT2D eigenvalue weighted by atomic mass is 28.4. The fourth-order valence-corrected chi connectivity index (χ4v) is 9.32. The topological polar surface area (TPSA) is 147 Å². The maximum Gasteiger partial charge on any atom is 0.304 e. The number of hydrogen-bond acceptors (Lipinski definition) is 9. The molecule has 3 aliphatic rings. The number of benzene rings is 1. The van der Waals surface area contributed by atoms with Crippen LogP contribution in [0.15, 0.2) is 37.1 Å². The average molecular weight is 584 g/mol. The number of ether oxygens (including phenoxy) is 2. The van der Waals surface area contributed by atoms with Crippen molar-refractivity contribution < 1.29 is 33.8 Å². The van der Waals surface area contributed by atoms with Crippen molar-refractivity contribution in [2.45, 2.75) is 76.2 Å². The Kier molecular flexibility index (Phi) is 7.66. The molecule has 41 heavy (non-hydrogen) atoms. The molecule has 1 aromatic heterocycles. The van der Waals surface area contributed by atoms with Gasteiger partial charge in [-0.1, -0.05) is 18.2 Å². The van der Waals surface area contributed by atoms with E-state index in [1.54, 1.807) is 40.1 Å². The second kappa shape index (κ2) is 10.8. The predicted molar refractivity (Wildman–Crippen MR) is 151 cm³/mol. The van der Waals surface area contributed by atoms with E-state index in [1.165, 1.54) is 11.8 Å². The third kappa shape index (κ3) is 4.90. The lowest BCUT2D eigenvalue weighted by atomic mass is 9.82. The second-order valence-corrected chi connectivity index (χ2v) is 15.5. The minimum Gasteiger partial charge on any atom is -0.441 e. The lowest BCUT2D eigenvalue weighted by Crippen LogP contribution is -2.55. The molecule has 4 heterocycles. The van der Waals surface area contributed by atoms with Gasteiger partial charge in [-0.2, -0.15) is 0 Å². The van der Waals surface area contributed by atoms with Crippen molar-refractivity contribution in [3.05, 3.63) is 48.3 Å².